The summed E-state index contributed by atoms with van der Waals surface area (Å²) < 4.78 is 34.6. The lowest BCUT2D eigenvalue weighted by Crippen LogP contribution is -2.49. The van der Waals surface area contributed by atoms with Gasteiger partial charge in [-0.1, -0.05) is 17.7 Å². The number of pyridine rings is 1. The van der Waals surface area contributed by atoms with E-state index in [0.717, 1.165) is 53.5 Å². The largest absolute Gasteiger partial charge is 0.464 e. The van der Waals surface area contributed by atoms with Crippen LogP contribution in [0.3, 0.4) is 0 Å². The van der Waals surface area contributed by atoms with Crippen LogP contribution >= 0.6 is 11.6 Å². The molecule has 0 bridgehead atoms. The number of ether oxygens (including phenoxy) is 1. The topological polar surface area (TPSA) is 156 Å². The number of carbonyl (C=O) groups is 2. The van der Waals surface area contributed by atoms with Gasteiger partial charge in [-0.15, -0.1) is 0 Å². The molecule has 0 radical (unpaired) electrons. The number of benzene rings is 1. The highest BCUT2D eigenvalue weighted by Crippen LogP contribution is 2.32. The van der Waals surface area contributed by atoms with Crippen molar-refractivity contribution in [2.24, 2.45) is 11.8 Å². The third kappa shape index (κ3) is 6.32. The van der Waals surface area contributed by atoms with Crippen molar-refractivity contribution in [1.82, 2.24) is 23.6 Å². The van der Waals surface area contributed by atoms with Gasteiger partial charge in [0, 0.05) is 44.6 Å². The van der Waals surface area contributed by atoms with Crippen molar-refractivity contribution in [2.75, 3.05) is 31.6 Å². The average molecular weight is 577 g/mol. The highest BCUT2D eigenvalue weighted by atomic mass is 35.5. The first kappa shape index (κ1) is 27.3. The number of nitrogens with zero attached hydrogens (tertiary/aromatic N) is 4. The van der Waals surface area contributed by atoms with Gasteiger partial charge in [0.15, 0.2) is 0 Å². The van der Waals surface area contributed by atoms with Crippen LogP contribution in [-0.4, -0.2) is 70.7 Å². The monoisotopic (exact) mass is 576 g/mol. The van der Waals surface area contributed by atoms with Crippen LogP contribution < -0.4 is 10.0 Å². The SMILES string of the molecule is O=C(O)NS(=O)(=O)N1CCC[C@@H](C(=O)Nc2cc(-c3ccc4ncn(CC5CCOCC5)c4c3)c(Cl)cn2)C1. The van der Waals surface area contributed by atoms with E-state index in [1.54, 1.807) is 6.07 Å². The Morgan fingerprint density at radius 1 is 1.15 bits per heavy atom. The number of imidazole rings is 1. The summed E-state index contributed by atoms with van der Waals surface area (Å²) in [6, 6.07) is 7.56. The summed E-state index contributed by atoms with van der Waals surface area (Å²) in [6.45, 7) is 2.39. The zero-order valence-corrected chi connectivity index (χ0v) is 22.6. The Balaban J connectivity index is 1.33. The van der Waals surface area contributed by atoms with E-state index in [1.165, 1.54) is 10.9 Å². The normalized spacial score (nSPS) is 19.2. The maximum Gasteiger partial charge on any atom is 0.419 e. The number of nitrogens with one attached hydrogen (secondary N) is 2. The summed E-state index contributed by atoms with van der Waals surface area (Å²) in [7, 11) is -4.24. The Hall–Kier alpha value is -3.26. The van der Waals surface area contributed by atoms with E-state index in [9.17, 15) is 18.0 Å². The first-order chi connectivity index (χ1) is 18.7. The minimum atomic E-state index is -4.24. The molecule has 0 spiro atoms. The number of hydrogen-bond acceptors (Lipinski definition) is 7. The van der Waals surface area contributed by atoms with Gasteiger partial charge in [0.1, 0.15) is 5.82 Å². The number of aromatic nitrogens is 3. The third-order valence-corrected chi connectivity index (χ3v) is 8.89. The number of carbonyl (C=O) groups excluding carboxylic acids is 1. The number of carboxylic acid groups (broad SMARTS) is 1. The molecule has 5 rings (SSSR count). The lowest BCUT2D eigenvalue weighted by molar-refractivity contribution is -0.120. The summed E-state index contributed by atoms with van der Waals surface area (Å²) in [5.74, 6) is -0.271. The van der Waals surface area contributed by atoms with Crippen LogP contribution in [0.15, 0.2) is 36.8 Å². The molecule has 4 heterocycles. The molecule has 14 heteroatoms. The fourth-order valence-electron chi connectivity index (χ4n) is 5.08. The summed E-state index contributed by atoms with van der Waals surface area (Å²) in [6.07, 6.45) is 4.54. The molecule has 12 nitrogen and oxygen atoms in total. The molecule has 39 heavy (non-hydrogen) atoms. The van der Waals surface area contributed by atoms with Crippen LogP contribution in [0, 0.1) is 11.8 Å². The van der Waals surface area contributed by atoms with Crippen LogP contribution in [-0.2, 0) is 26.3 Å². The molecule has 2 aliphatic rings. The lowest BCUT2D eigenvalue weighted by atomic mass is 9.99. The van der Waals surface area contributed by atoms with E-state index in [1.807, 2.05) is 24.5 Å². The van der Waals surface area contributed by atoms with Gasteiger partial charge in [0.2, 0.25) is 5.91 Å². The van der Waals surface area contributed by atoms with E-state index in [-0.39, 0.29) is 18.9 Å². The minimum absolute atomic E-state index is 0.128. The Morgan fingerprint density at radius 3 is 2.72 bits per heavy atom. The van der Waals surface area contributed by atoms with E-state index in [4.69, 9.17) is 21.4 Å². The molecule has 2 aliphatic heterocycles. The zero-order chi connectivity index (χ0) is 27.6. The van der Waals surface area contributed by atoms with Crippen LogP contribution in [0.4, 0.5) is 10.6 Å². The number of hydrogen-bond donors (Lipinski definition) is 3. The maximum absolute atomic E-state index is 13.0. The van der Waals surface area contributed by atoms with Crippen molar-refractivity contribution in [3.05, 3.63) is 41.8 Å². The van der Waals surface area contributed by atoms with Gasteiger partial charge in [0.05, 0.1) is 28.3 Å². The lowest BCUT2D eigenvalue weighted by Gasteiger charge is -2.30. The predicted octanol–water partition coefficient (Wildman–Crippen LogP) is 3.34. The molecule has 1 atom stereocenters. The van der Waals surface area contributed by atoms with Crippen molar-refractivity contribution in [1.29, 1.82) is 0 Å². The highest BCUT2D eigenvalue weighted by Gasteiger charge is 2.33. The first-order valence-electron chi connectivity index (χ1n) is 12.7. The van der Waals surface area contributed by atoms with Gasteiger partial charge in [-0.05, 0) is 55.4 Å². The minimum Gasteiger partial charge on any atom is -0.464 e. The second-order valence-electron chi connectivity index (χ2n) is 9.80. The predicted molar refractivity (Wildman–Crippen MR) is 145 cm³/mol. The number of rotatable bonds is 7. The fraction of sp³-hybridized carbons (Fsp3) is 0.440. The number of halogens is 1. The molecule has 1 aromatic carbocycles. The van der Waals surface area contributed by atoms with Gasteiger partial charge < -0.3 is 19.7 Å². The molecule has 3 N–H and O–H groups in total. The molecular weight excluding hydrogens is 548 g/mol. The first-order valence-corrected chi connectivity index (χ1v) is 14.5. The number of piperidine rings is 1. The van der Waals surface area contributed by atoms with E-state index < -0.39 is 28.1 Å². The van der Waals surface area contributed by atoms with Crippen LogP contribution in [0.25, 0.3) is 22.2 Å². The Kier molecular flexibility index (Phi) is 8.03. The molecule has 2 saturated heterocycles. The number of amides is 2. The Labute approximate surface area is 230 Å². The molecule has 2 fully saturated rings. The molecule has 2 amide bonds. The van der Waals surface area contributed by atoms with Crippen molar-refractivity contribution >= 4 is 50.7 Å². The number of anilines is 1. The second-order valence-corrected chi connectivity index (χ2v) is 11.9. The molecule has 2 aromatic heterocycles. The second kappa shape index (κ2) is 11.5. The van der Waals surface area contributed by atoms with Gasteiger partial charge in [-0.2, -0.15) is 12.7 Å². The average Bonchev–Trinajstić information content (AvgIpc) is 3.31. The van der Waals surface area contributed by atoms with Crippen molar-refractivity contribution < 1.29 is 27.9 Å². The summed E-state index contributed by atoms with van der Waals surface area (Å²) in [5, 5.41) is 12.0. The quantitative estimate of drug-likeness (QED) is 0.387. The molecule has 0 aliphatic carbocycles. The van der Waals surface area contributed by atoms with Gasteiger partial charge in [0.25, 0.3) is 0 Å². The summed E-state index contributed by atoms with van der Waals surface area (Å²) in [5.41, 5.74) is 3.38. The fourth-order valence-corrected chi connectivity index (χ4v) is 6.39. The van der Waals surface area contributed by atoms with Crippen molar-refractivity contribution in [3.63, 3.8) is 0 Å². The molecule has 0 unspecified atom stereocenters. The highest BCUT2D eigenvalue weighted by molar-refractivity contribution is 7.87. The number of fused-ring (bicyclic) bond motifs is 1. The third-order valence-electron chi connectivity index (χ3n) is 7.15. The Morgan fingerprint density at radius 2 is 1.95 bits per heavy atom. The smallest absolute Gasteiger partial charge is 0.419 e. The van der Waals surface area contributed by atoms with Gasteiger partial charge >= 0.3 is 16.3 Å². The van der Waals surface area contributed by atoms with Crippen molar-refractivity contribution in [3.8, 4) is 11.1 Å². The van der Waals surface area contributed by atoms with Gasteiger partial charge in [-0.25, -0.2) is 19.5 Å². The van der Waals surface area contributed by atoms with Crippen LogP contribution in [0.2, 0.25) is 5.02 Å². The molecule has 0 saturated carbocycles. The molecule has 3 aromatic rings. The van der Waals surface area contributed by atoms with E-state index >= 15 is 0 Å². The van der Waals surface area contributed by atoms with E-state index in [2.05, 4.69) is 19.9 Å². The molecular formula is C25H29ClN6O6S. The summed E-state index contributed by atoms with van der Waals surface area (Å²) in [4.78, 5) is 32.6. The summed E-state index contributed by atoms with van der Waals surface area (Å²) >= 11 is 6.51. The maximum atomic E-state index is 13.0. The zero-order valence-electron chi connectivity index (χ0n) is 21.0. The Bertz CT molecular complexity index is 1490. The van der Waals surface area contributed by atoms with Gasteiger partial charge in [-0.3, -0.25) is 4.79 Å². The molecule has 208 valence electrons. The van der Waals surface area contributed by atoms with Crippen LogP contribution in [0.1, 0.15) is 25.7 Å². The van der Waals surface area contributed by atoms with Crippen molar-refractivity contribution in [2.45, 2.75) is 32.2 Å². The standard InChI is InChI=1S/C25H29ClN6O6S/c26-20-12-27-23(29-24(33)18-2-1-7-32(14-18)39(36,37)30-25(34)35)11-19(20)17-3-4-21-22(10-17)31(15-28-21)13-16-5-8-38-9-6-16/h3-4,10-12,15-16,18,30H,1-2,5-9,13-14H2,(H,34,35)(H,27,29,33)/t18-/m1/s1. The van der Waals surface area contributed by atoms with E-state index in [0.29, 0.717) is 29.3 Å². The van der Waals surface area contributed by atoms with Crippen LogP contribution in [0.5, 0.6) is 0 Å².